The summed E-state index contributed by atoms with van der Waals surface area (Å²) in [4.78, 5) is 34.7. The molecule has 0 spiro atoms. The maximum atomic E-state index is 13.2. The van der Waals surface area contributed by atoms with Gasteiger partial charge in [-0.3, -0.25) is 14.6 Å². The molecule has 2 amide bonds. The number of ether oxygens (including phenoxy) is 3. The van der Waals surface area contributed by atoms with E-state index in [0.717, 1.165) is 78.5 Å². The van der Waals surface area contributed by atoms with Gasteiger partial charge in [0, 0.05) is 37.0 Å². The van der Waals surface area contributed by atoms with Crippen molar-refractivity contribution in [2.45, 2.75) is 64.0 Å². The lowest BCUT2D eigenvalue weighted by Gasteiger charge is -2.21. The van der Waals surface area contributed by atoms with Gasteiger partial charge in [-0.05, 0) is 81.2 Å². The van der Waals surface area contributed by atoms with Crippen LogP contribution in [0.15, 0.2) is 53.6 Å². The molecule has 0 radical (unpaired) electrons. The van der Waals surface area contributed by atoms with E-state index >= 15 is 0 Å². The predicted octanol–water partition coefficient (Wildman–Crippen LogP) is 5.84. The molecule has 0 aromatic heterocycles. The molecule has 42 heavy (non-hydrogen) atoms. The van der Waals surface area contributed by atoms with Crippen LogP contribution in [0.1, 0.15) is 70.4 Å². The zero-order valence-electron chi connectivity index (χ0n) is 24.6. The minimum absolute atomic E-state index is 0.0503. The number of hydrogen-bond acceptors (Lipinski definition) is 6. The molecule has 2 aromatic carbocycles. The zero-order valence-corrected chi connectivity index (χ0v) is 24.6. The Kier molecular flexibility index (Phi) is 7.80. The van der Waals surface area contributed by atoms with Crippen molar-refractivity contribution >= 4 is 23.7 Å². The zero-order chi connectivity index (χ0) is 29.4. The quantitative estimate of drug-likeness (QED) is 0.280. The number of methoxy groups -OCH3 is 1. The number of carbonyl (C=O) groups excluding carboxylic acids is 2. The van der Waals surface area contributed by atoms with Gasteiger partial charge in [-0.25, -0.2) is 0 Å². The van der Waals surface area contributed by atoms with Gasteiger partial charge in [0.25, 0.3) is 11.8 Å². The summed E-state index contributed by atoms with van der Waals surface area (Å²) in [7, 11) is 1.58. The van der Waals surface area contributed by atoms with E-state index in [1.54, 1.807) is 19.2 Å². The van der Waals surface area contributed by atoms with Gasteiger partial charge in [0.2, 0.25) is 0 Å². The van der Waals surface area contributed by atoms with Crippen LogP contribution in [0.4, 0.5) is 5.69 Å². The summed E-state index contributed by atoms with van der Waals surface area (Å²) in [6.45, 7) is 12.5. The Morgan fingerprint density at radius 3 is 2.36 bits per heavy atom. The van der Waals surface area contributed by atoms with E-state index in [9.17, 15) is 9.59 Å². The van der Waals surface area contributed by atoms with Crippen LogP contribution < -0.4 is 14.2 Å². The molecule has 0 unspecified atom stereocenters. The van der Waals surface area contributed by atoms with Crippen LogP contribution >= 0.6 is 0 Å². The van der Waals surface area contributed by atoms with Crippen molar-refractivity contribution < 1.29 is 23.8 Å². The first-order valence-electron chi connectivity index (χ1n) is 14.9. The molecule has 6 rings (SSSR count). The first-order chi connectivity index (χ1) is 20.3. The lowest BCUT2D eigenvalue weighted by Crippen LogP contribution is -2.35. The fraction of sp³-hybridized carbons (Fsp3) is 0.441. The highest BCUT2D eigenvalue weighted by Crippen LogP contribution is 2.39. The van der Waals surface area contributed by atoms with Crippen molar-refractivity contribution in [3.8, 4) is 17.2 Å². The first kappa shape index (κ1) is 28.1. The topological polar surface area (TPSA) is 80.7 Å². The lowest BCUT2D eigenvalue weighted by molar-refractivity contribution is 0.0741. The van der Waals surface area contributed by atoms with Crippen LogP contribution in [0, 0.1) is 6.92 Å². The number of unbranched alkanes of at least 4 members (excludes halogenated alkanes) is 2. The Bertz CT molecular complexity index is 1480. The second-order valence-electron chi connectivity index (χ2n) is 11.9. The Balaban J connectivity index is 0.998. The van der Waals surface area contributed by atoms with Gasteiger partial charge in [-0.1, -0.05) is 24.3 Å². The fourth-order valence-corrected chi connectivity index (χ4v) is 6.49. The van der Waals surface area contributed by atoms with Crippen LogP contribution in [0.2, 0.25) is 0 Å². The normalized spacial score (nSPS) is 21.0. The summed E-state index contributed by atoms with van der Waals surface area (Å²) in [5.74, 6) is 2.04. The van der Waals surface area contributed by atoms with E-state index in [1.807, 2.05) is 29.0 Å². The standard InChI is InChI=1S/C34H39N3O5/c1-21-12-25-9-8-24-15-30(23(3)14-27(24)33(38)36(25)19-21)41-10-6-5-7-11-42-32-17-29-28(16-31(32)40-4)34(39)37-20-22(2)13-26(37)18-35-29/h14-18,25-26H,1-2,5-13,19-20H2,3-4H3/t25-,26+/m1/s1. The molecule has 2 atom stereocenters. The minimum atomic E-state index is -0.0565. The number of amides is 2. The summed E-state index contributed by atoms with van der Waals surface area (Å²) in [5.41, 5.74) is 6.20. The maximum Gasteiger partial charge on any atom is 0.257 e. The number of rotatable bonds is 9. The van der Waals surface area contributed by atoms with E-state index in [2.05, 4.69) is 24.2 Å². The third-order valence-corrected chi connectivity index (χ3v) is 8.75. The Hall–Kier alpha value is -4.07. The number of aryl methyl sites for hydroxylation is 2. The van der Waals surface area contributed by atoms with Gasteiger partial charge in [-0.15, -0.1) is 0 Å². The van der Waals surface area contributed by atoms with Crippen LogP contribution in [0.25, 0.3) is 0 Å². The highest BCUT2D eigenvalue weighted by atomic mass is 16.5. The summed E-state index contributed by atoms with van der Waals surface area (Å²) in [6.07, 6.45) is 8.01. The molecule has 4 aliphatic rings. The smallest absolute Gasteiger partial charge is 0.257 e. The van der Waals surface area contributed by atoms with Crippen molar-refractivity contribution in [3.05, 3.63) is 70.8 Å². The number of carbonyl (C=O) groups is 2. The second-order valence-corrected chi connectivity index (χ2v) is 11.9. The van der Waals surface area contributed by atoms with Crippen LogP contribution in [0.3, 0.4) is 0 Å². The van der Waals surface area contributed by atoms with E-state index in [4.69, 9.17) is 14.2 Å². The molecule has 0 N–H and O–H groups in total. The summed E-state index contributed by atoms with van der Waals surface area (Å²) >= 11 is 0. The third-order valence-electron chi connectivity index (χ3n) is 8.75. The number of nitrogens with zero attached hydrogens (tertiary/aromatic N) is 3. The van der Waals surface area contributed by atoms with E-state index in [1.165, 1.54) is 0 Å². The molecule has 8 heteroatoms. The highest BCUT2D eigenvalue weighted by molar-refractivity contribution is 6.04. The fourth-order valence-electron chi connectivity index (χ4n) is 6.49. The van der Waals surface area contributed by atoms with E-state index in [0.29, 0.717) is 49.1 Å². The number of fused-ring (bicyclic) bond motifs is 4. The Morgan fingerprint density at radius 2 is 1.57 bits per heavy atom. The maximum absolute atomic E-state index is 13.2. The Morgan fingerprint density at radius 1 is 0.857 bits per heavy atom. The van der Waals surface area contributed by atoms with Crippen LogP contribution in [-0.4, -0.2) is 73.3 Å². The number of aliphatic imine (C=N–C) groups is 1. The molecule has 0 saturated carbocycles. The molecule has 4 heterocycles. The van der Waals surface area contributed by atoms with E-state index in [-0.39, 0.29) is 23.9 Å². The van der Waals surface area contributed by atoms with Crippen molar-refractivity contribution in [1.29, 1.82) is 0 Å². The SMILES string of the molecule is C=C1C[C@H]2CCc3cc(OCCCCCOc4cc5c(cc4OC)C(=O)N4CC(=C)C[C@H]4C=N5)c(C)cc3C(=O)N2C1. The predicted molar refractivity (Wildman–Crippen MR) is 163 cm³/mol. The van der Waals surface area contributed by atoms with Crippen molar-refractivity contribution in [1.82, 2.24) is 9.80 Å². The molecule has 8 nitrogen and oxygen atoms in total. The van der Waals surface area contributed by atoms with Gasteiger partial charge < -0.3 is 24.0 Å². The molecule has 0 aliphatic carbocycles. The average Bonchev–Trinajstić information content (AvgIpc) is 3.48. The summed E-state index contributed by atoms with van der Waals surface area (Å²) in [5, 5.41) is 0. The molecular formula is C34H39N3O5. The van der Waals surface area contributed by atoms with Gasteiger partial charge >= 0.3 is 0 Å². The molecule has 2 saturated heterocycles. The second kappa shape index (κ2) is 11.7. The van der Waals surface area contributed by atoms with Gasteiger partial charge in [0.1, 0.15) is 5.75 Å². The average molecular weight is 570 g/mol. The number of benzene rings is 2. The Labute approximate surface area is 247 Å². The molecule has 0 bridgehead atoms. The van der Waals surface area contributed by atoms with E-state index < -0.39 is 0 Å². The highest BCUT2D eigenvalue weighted by Gasteiger charge is 2.36. The molecular weight excluding hydrogens is 530 g/mol. The molecule has 2 fully saturated rings. The van der Waals surface area contributed by atoms with Crippen molar-refractivity contribution in [2.75, 3.05) is 33.4 Å². The van der Waals surface area contributed by atoms with Crippen molar-refractivity contribution in [3.63, 3.8) is 0 Å². The van der Waals surface area contributed by atoms with Gasteiger partial charge in [-0.2, -0.15) is 0 Å². The number of hydrogen-bond donors (Lipinski definition) is 0. The van der Waals surface area contributed by atoms with Crippen LogP contribution in [0.5, 0.6) is 17.2 Å². The monoisotopic (exact) mass is 569 g/mol. The molecule has 4 aliphatic heterocycles. The molecule has 2 aromatic rings. The third kappa shape index (κ3) is 5.42. The van der Waals surface area contributed by atoms with Crippen LogP contribution in [-0.2, 0) is 6.42 Å². The minimum Gasteiger partial charge on any atom is -0.493 e. The van der Waals surface area contributed by atoms with Crippen molar-refractivity contribution in [2.24, 2.45) is 4.99 Å². The summed E-state index contributed by atoms with van der Waals surface area (Å²) < 4.78 is 17.8. The first-order valence-corrected chi connectivity index (χ1v) is 14.9. The summed E-state index contributed by atoms with van der Waals surface area (Å²) in [6, 6.07) is 7.82. The largest absolute Gasteiger partial charge is 0.493 e. The van der Waals surface area contributed by atoms with Gasteiger partial charge in [0.05, 0.1) is 37.6 Å². The van der Waals surface area contributed by atoms with Gasteiger partial charge in [0.15, 0.2) is 11.5 Å². The molecule has 220 valence electrons. The lowest BCUT2D eigenvalue weighted by atomic mass is 9.98.